The fraction of sp³-hybridized carbons (Fsp3) is 0.381. The summed E-state index contributed by atoms with van der Waals surface area (Å²) in [7, 11) is 0. The van der Waals surface area contributed by atoms with Crippen LogP contribution in [-0.2, 0) is 12.8 Å². The smallest absolute Gasteiger partial charge is 0.338 e. The Morgan fingerprint density at radius 3 is 2.26 bits per heavy atom. The maximum absolute atomic E-state index is 13.6. The molecule has 13 heteroatoms. The van der Waals surface area contributed by atoms with Crippen molar-refractivity contribution >= 4 is 36.0 Å². The number of aryl methyl sites for hydroxylation is 2. The molecule has 0 amide bonds. The summed E-state index contributed by atoms with van der Waals surface area (Å²) in [5, 5.41) is 8.20. The molecule has 1 saturated heterocycles. The number of hydrogen-bond acceptors (Lipinski definition) is 7. The fourth-order valence-corrected chi connectivity index (χ4v) is 3.93. The van der Waals surface area contributed by atoms with Crippen LogP contribution in [0, 0.1) is 18.6 Å². The van der Waals surface area contributed by atoms with Gasteiger partial charge in [0.15, 0.2) is 0 Å². The molecule has 180 valence electrons. The summed E-state index contributed by atoms with van der Waals surface area (Å²) in [5.74, 6) is -0.515. The van der Waals surface area contributed by atoms with Crippen LogP contribution in [0.5, 0.6) is 0 Å². The first-order chi connectivity index (χ1) is 16.1. The van der Waals surface area contributed by atoms with E-state index in [0.29, 0.717) is 47.4 Å². The van der Waals surface area contributed by atoms with Crippen LogP contribution < -0.4 is 4.90 Å². The van der Waals surface area contributed by atoms with Gasteiger partial charge in [0.1, 0.15) is 0 Å². The number of piperazine rings is 1. The maximum atomic E-state index is 13.6. The molecule has 1 aliphatic heterocycles. The molecule has 0 bridgehead atoms. The van der Waals surface area contributed by atoms with Gasteiger partial charge < -0.3 is 4.90 Å². The predicted octanol–water partition coefficient (Wildman–Crippen LogP) is 4.16. The molecule has 0 radical (unpaired) electrons. The Labute approximate surface area is 204 Å². The average Bonchev–Trinajstić information content (AvgIpc) is 3.09. The SMILES string of the molecule is Cc1cc(C)nc(N2CCN(Cn3nc(C(F)(F)F)n(/N=C/c4ccc(Cl)cc4)c3=S)CC2)n1. The molecule has 1 aromatic carbocycles. The molecule has 4 rings (SSSR count). The third-order valence-corrected chi connectivity index (χ3v) is 5.86. The number of aromatic nitrogens is 5. The Hall–Kier alpha value is -2.83. The molecule has 3 aromatic rings. The van der Waals surface area contributed by atoms with Crippen LogP contribution in [-0.4, -0.2) is 61.7 Å². The van der Waals surface area contributed by atoms with Gasteiger partial charge in [-0.05, 0) is 49.8 Å². The number of rotatable bonds is 5. The van der Waals surface area contributed by atoms with Crippen molar-refractivity contribution in [2.45, 2.75) is 26.7 Å². The molecule has 0 aliphatic carbocycles. The molecule has 8 nitrogen and oxygen atoms in total. The Bertz CT molecular complexity index is 1220. The standard InChI is InChI=1S/C21H22ClF3N8S/c1-14-11-15(2)28-19(27-14)31-9-7-30(8-10-31)13-32-20(34)33(18(29-32)21(23,24)25)26-12-16-3-5-17(22)6-4-16/h3-6,11-12H,7-10,13H2,1-2H3/b26-12+. The largest absolute Gasteiger partial charge is 0.453 e. The highest BCUT2D eigenvalue weighted by Gasteiger charge is 2.39. The number of hydrogen-bond donors (Lipinski definition) is 0. The van der Waals surface area contributed by atoms with Gasteiger partial charge in [0, 0.05) is 42.6 Å². The first-order valence-corrected chi connectivity index (χ1v) is 11.3. The first kappa shape index (κ1) is 24.3. The minimum Gasteiger partial charge on any atom is -0.338 e. The highest BCUT2D eigenvalue weighted by molar-refractivity contribution is 7.71. The van der Waals surface area contributed by atoms with E-state index in [1.807, 2.05) is 24.8 Å². The molecule has 1 aliphatic rings. The summed E-state index contributed by atoms with van der Waals surface area (Å²) in [4.78, 5) is 13.0. The van der Waals surface area contributed by atoms with Gasteiger partial charge in [-0.25, -0.2) is 14.6 Å². The number of nitrogens with zero attached hydrogens (tertiary/aromatic N) is 8. The van der Waals surface area contributed by atoms with Crippen molar-refractivity contribution in [3.8, 4) is 0 Å². The second-order valence-electron chi connectivity index (χ2n) is 7.91. The minimum absolute atomic E-state index is 0.118. The van der Waals surface area contributed by atoms with E-state index in [1.54, 1.807) is 24.3 Å². The summed E-state index contributed by atoms with van der Waals surface area (Å²) < 4.78 is 42.6. The number of anilines is 1. The van der Waals surface area contributed by atoms with E-state index in [4.69, 9.17) is 23.8 Å². The van der Waals surface area contributed by atoms with Gasteiger partial charge in [0.25, 0.3) is 5.82 Å². The zero-order valence-corrected chi connectivity index (χ0v) is 20.1. The molecule has 2 aromatic heterocycles. The van der Waals surface area contributed by atoms with Crippen LogP contribution in [0.25, 0.3) is 0 Å². The zero-order chi connectivity index (χ0) is 24.5. The van der Waals surface area contributed by atoms with Crippen LogP contribution in [0.15, 0.2) is 35.4 Å². The van der Waals surface area contributed by atoms with E-state index in [1.165, 1.54) is 6.21 Å². The second-order valence-corrected chi connectivity index (χ2v) is 8.71. The molecule has 0 spiro atoms. The van der Waals surface area contributed by atoms with Crippen LogP contribution in [0.2, 0.25) is 5.02 Å². The maximum Gasteiger partial charge on any atom is 0.453 e. The predicted molar refractivity (Wildman–Crippen MR) is 126 cm³/mol. The van der Waals surface area contributed by atoms with E-state index < -0.39 is 12.0 Å². The second kappa shape index (κ2) is 9.80. The van der Waals surface area contributed by atoms with Crippen LogP contribution >= 0.6 is 23.8 Å². The zero-order valence-electron chi connectivity index (χ0n) is 18.5. The number of alkyl halides is 3. The van der Waals surface area contributed by atoms with Crippen LogP contribution in [0.4, 0.5) is 19.1 Å². The van der Waals surface area contributed by atoms with Crippen LogP contribution in [0.1, 0.15) is 22.8 Å². The highest BCUT2D eigenvalue weighted by Crippen LogP contribution is 2.28. The fourth-order valence-electron chi connectivity index (χ4n) is 3.57. The third-order valence-electron chi connectivity index (χ3n) is 5.22. The summed E-state index contributed by atoms with van der Waals surface area (Å²) in [5.41, 5.74) is 2.36. The number of benzene rings is 1. The van der Waals surface area contributed by atoms with Gasteiger partial charge in [0.05, 0.1) is 12.9 Å². The molecule has 3 heterocycles. The molecule has 0 atom stereocenters. The van der Waals surface area contributed by atoms with Gasteiger partial charge in [-0.15, -0.1) is 5.10 Å². The van der Waals surface area contributed by atoms with Gasteiger partial charge in [0.2, 0.25) is 10.7 Å². The normalized spacial score (nSPS) is 15.4. The van der Waals surface area contributed by atoms with Gasteiger partial charge in [-0.3, -0.25) is 4.90 Å². The molecule has 0 N–H and O–H groups in total. The molecule has 0 unspecified atom stereocenters. The summed E-state index contributed by atoms with van der Waals surface area (Å²) in [6, 6.07) is 8.45. The Balaban J connectivity index is 1.50. The lowest BCUT2D eigenvalue weighted by molar-refractivity contribution is -0.147. The van der Waals surface area contributed by atoms with Crippen molar-refractivity contribution in [3.63, 3.8) is 0 Å². The first-order valence-electron chi connectivity index (χ1n) is 10.5. The lowest BCUT2D eigenvalue weighted by Crippen LogP contribution is -2.47. The quantitative estimate of drug-likeness (QED) is 0.379. The van der Waals surface area contributed by atoms with Gasteiger partial charge >= 0.3 is 6.18 Å². The summed E-state index contributed by atoms with van der Waals surface area (Å²) in [6.07, 6.45) is -3.43. The molecular formula is C21H22ClF3N8S. The minimum atomic E-state index is -4.71. The monoisotopic (exact) mass is 510 g/mol. The summed E-state index contributed by atoms with van der Waals surface area (Å²) in [6.45, 7) is 6.42. The van der Waals surface area contributed by atoms with E-state index in [-0.39, 0.29) is 11.4 Å². The lowest BCUT2D eigenvalue weighted by Gasteiger charge is -2.34. The van der Waals surface area contributed by atoms with Crippen molar-refractivity contribution in [3.05, 3.63) is 62.9 Å². The molecule has 34 heavy (non-hydrogen) atoms. The Kier molecular flexibility index (Phi) is 7.01. The van der Waals surface area contributed by atoms with Crippen molar-refractivity contribution in [2.24, 2.45) is 5.10 Å². The lowest BCUT2D eigenvalue weighted by atomic mass is 10.2. The Morgan fingerprint density at radius 2 is 1.68 bits per heavy atom. The molecule has 1 fully saturated rings. The van der Waals surface area contributed by atoms with Crippen LogP contribution in [0.3, 0.4) is 0 Å². The highest BCUT2D eigenvalue weighted by atomic mass is 35.5. The molecular weight excluding hydrogens is 489 g/mol. The van der Waals surface area contributed by atoms with Crippen molar-refractivity contribution in [1.29, 1.82) is 0 Å². The Morgan fingerprint density at radius 1 is 1.06 bits per heavy atom. The van der Waals surface area contributed by atoms with Gasteiger partial charge in [-0.1, -0.05) is 23.7 Å². The van der Waals surface area contributed by atoms with Gasteiger partial charge in [-0.2, -0.15) is 22.9 Å². The van der Waals surface area contributed by atoms with E-state index >= 15 is 0 Å². The summed E-state index contributed by atoms with van der Waals surface area (Å²) >= 11 is 11.1. The molecule has 0 saturated carbocycles. The van der Waals surface area contributed by atoms with E-state index in [9.17, 15) is 13.2 Å². The van der Waals surface area contributed by atoms with E-state index in [2.05, 4.69) is 25.1 Å². The number of halogens is 4. The third kappa shape index (κ3) is 5.62. The van der Waals surface area contributed by atoms with Crippen molar-refractivity contribution in [1.82, 2.24) is 29.3 Å². The van der Waals surface area contributed by atoms with Crippen molar-refractivity contribution < 1.29 is 13.2 Å². The average molecular weight is 511 g/mol. The van der Waals surface area contributed by atoms with Crippen molar-refractivity contribution in [2.75, 3.05) is 31.1 Å². The topological polar surface area (TPSA) is 67.4 Å². The van der Waals surface area contributed by atoms with E-state index in [0.717, 1.165) is 16.1 Å².